The van der Waals surface area contributed by atoms with Crippen LogP contribution in [0.4, 0.5) is 10.7 Å². The van der Waals surface area contributed by atoms with Crippen LogP contribution in [0.1, 0.15) is 56.5 Å². The number of halogens is 1. The third kappa shape index (κ3) is 7.01. The second kappa shape index (κ2) is 12.1. The molecule has 2 N–H and O–H groups in total. The van der Waals surface area contributed by atoms with Crippen LogP contribution in [-0.4, -0.2) is 53.9 Å². The highest BCUT2D eigenvalue weighted by Crippen LogP contribution is 2.38. The van der Waals surface area contributed by atoms with Gasteiger partial charge in [-0.25, -0.2) is 4.79 Å². The van der Waals surface area contributed by atoms with Crippen molar-refractivity contribution in [3.05, 3.63) is 70.5 Å². The Kier molecular flexibility index (Phi) is 9.03. The second-order valence-corrected chi connectivity index (χ2v) is 17.0. The monoisotopic (exact) mass is 569 g/mol. The molecular formula is C29H40ClN5O3Si. The van der Waals surface area contributed by atoms with Gasteiger partial charge in [0, 0.05) is 36.6 Å². The average Bonchev–Trinajstić information content (AvgIpc) is 3.31. The molecule has 1 aliphatic rings. The number of piperidine rings is 1. The molecule has 8 nitrogen and oxygen atoms in total. The zero-order valence-electron chi connectivity index (χ0n) is 23.6. The Morgan fingerprint density at radius 3 is 2.46 bits per heavy atom. The average molecular weight is 570 g/mol. The molecule has 1 amide bonds. The Labute approximate surface area is 237 Å². The van der Waals surface area contributed by atoms with Crippen molar-refractivity contribution >= 4 is 32.0 Å². The molecule has 4 rings (SSSR count). The number of hydrogen-bond donors (Lipinski definition) is 2. The van der Waals surface area contributed by atoms with Gasteiger partial charge in [-0.05, 0) is 60.7 Å². The molecule has 2 heterocycles. The number of carboxylic acid groups (broad SMARTS) is 1. The Bertz CT molecular complexity index is 1270. The number of nitrogens with zero attached hydrogens (tertiary/aromatic N) is 4. The van der Waals surface area contributed by atoms with Crippen LogP contribution in [0.25, 0.3) is 5.69 Å². The van der Waals surface area contributed by atoms with E-state index in [-0.39, 0.29) is 11.6 Å². The Balaban J connectivity index is 1.66. The van der Waals surface area contributed by atoms with E-state index in [0.717, 1.165) is 43.1 Å². The SMILES string of the molecule is CC(C)(C)[Si](C)(C)OCc1cc(Cl)ccc1-n1c(CCNC(=O)O)nnc1N1CCC(c2ccccc2)CC1. The molecule has 39 heavy (non-hydrogen) atoms. The Morgan fingerprint density at radius 1 is 1.13 bits per heavy atom. The molecule has 1 fully saturated rings. The first-order valence-electron chi connectivity index (χ1n) is 13.6. The molecule has 210 valence electrons. The third-order valence-corrected chi connectivity index (χ3v) is 12.8. The Morgan fingerprint density at radius 2 is 1.82 bits per heavy atom. The van der Waals surface area contributed by atoms with Crippen LogP contribution in [0, 0.1) is 0 Å². The number of benzene rings is 2. The number of anilines is 1. The maximum Gasteiger partial charge on any atom is 0.404 e. The highest BCUT2D eigenvalue weighted by atomic mass is 35.5. The minimum absolute atomic E-state index is 0.0736. The van der Waals surface area contributed by atoms with Crippen molar-refractivity contribution in [2.24, 2.45) is 0 Å². The third-order valence-electron chi connectivity index (χ3n) is 8.06. The zero-order chi connectivity index (χ0) is 28.2. The summed E-state index contributed by atoms with van der Waals surface area (Å²) in [5.41, 5.74) is 3.25. The standard InChI is InChI=1S/C29H40ClN5O3Si/c1-29(2,3)39(4,5)38-20-23-19-24(30)11-12-25(23)35-26(13-16-31-28(36)37)32-33-27(35)34-17-14-22(15-18-34)21-9-7-6-8-10-21/h6-12,19,22,31H,13-18,20H2,1-5H3,(H,36,37). The number of nitrogens with one attached hydrogen (secondary N) is 1. The van der Waals surface area contributed by atoms with E-state index in [4.69, 9.17) is 21.1 Å². The summed E-state index contributed by atoms with van der Waals surface area (Å²) >= 11 is 6.47. The van der Waals surface area contributed by atoms with Gasteiger partial charge in [-0.15, -0.1) is 10.2 Å². The van der Waals surface area contributed by atoms with Crippen molar-refractivity contribution < 1.29 is 14.3 Å². The van der Waals surface area contributed by atoms with E-state index in [1.807, 2.05) is 18.2 Å². The quantitative estimate of drug-likeness (QED) is 0.281. The maximum atomic E-state index is 11.1. The molecule has 0 aliphatic carbocycles. The van der Waals surface area contributed by atoms with Crippen molar-refractivity contribution in [1.82, 2.24) is 20.1 Å². The van der Waals surface area contributed by atoms with E-state index in [1.54, 1.807) is 0 Å². The number of carbonyl (C=O) groups is 1. The van der Waals surface area contributed by atoms with Gasteiger partial charge in [0.1, 0.15) is 5.82 Å². The highest BCUT2D eigenvalue weighted by molar-refractivity contribution is 6.74. The summed E-state index contributed by atoms with van der Waals surface area (Å²) in [5, 5.41) is 21.4. The normalized spacial score (nSPS) is 15.0. The first-order valence-corrected chi connectivity index (χ1v) is 16.9. The smallest absolute Gasteiger partial charge is 0.404 e. The summed E-state index contributed by atoms with van der Waals surface area (Å²) < 4.78 is 8.66. The maximum absolute atomic E-state index is 11.1. The number of hydrogen-bond acceptors (Lipinski definition) is 5. The van der Waals surface area contributed by atoms with Crippen LogP contribution in [0.2, 0.25) is 23.2 Å². The van der Waals surface area contributed by atoms with Gasteiger partial charge in [0.15, 0.2) is 8.32 Å². The van der Waals surface area contributed by atoms with Crippen LogP contribution < -0.4 is 10.2 Å². The van der Waals surface area contributed by atoms with Crippen LogP contribution >= 0.6 is 11.6 Å². The number of aromatic nitrogens is 3. The molecule has 0 saturated carbocycles. The van der Waals surface area contributed by atoms with Gasteiger partial charge in [0.2, 0.25) is 5.95 Å². The lowest BCUT2D eigenvalue weighted by Gasteiger charge is -2.36. The summed E-state index contributed by atoms with van der Waals surface area (Å²) in [6, 6.07) is 16.5. The number of rotatable bonds is 9. The topological polar surface area (TPSA) is 92.5 Å². The van der Waals surface area contributed by atoms with E-state index in [2.05, 4.69) is 89.2 Å². The molecule has 0 spiro atoms. The minimum atomic E-state index is -2.02. The number of amides is 1. The van der Waals surface area contributed by atoms with Gasteiger partial charge in [0.25, 0.3) is 0 Å². The lowest BCUT2D eigenvalue weighted by atomic mass is 9.90. The Hall–Kier alpha value is -2.88. The summed E-state index contributed by atoms with van der Waals surface area (Å²) in [6.45, 7) is 13.5. The summed E-state index contributed by atoms with van der Waals surface area (Å²) in [6.07, 6.45) is 1.40. The van der Waals surface area contributed by atoms with Gasteiger partial charge in [-0.1, -0.05) is 62.7 Å². The molecule has 2 aromatic carbocycles. The first-order chi connectivity index (χ1) is 18.5. The molecule has 0 radical (unpaired) electrons. The van der Waals surface area contributed by atoms with Crippen LogP contribution in [0.5, 0.6) is 0 Å². The lowest BCUT2D eigenvalue weighted by Crippen LogP contribution is -2.40. The van der Waals surface area contributed by atoms with Crippen LogP contribution in [-0.2, 0) is 17.5 Å². The molecule has 3 aromatic rings. The van der Waals surface area contributed by atoms with Crippen molar-refractivity contribution in [3.8, 4) is 5.69 Å². The summed E-state index contributed by atoms with van der Waals surface area (Å²) in [4.78, 5) is 13.4. The van der Waals surface area contributed by atoms with E-state index in [1.165, 1.54) is 5.56 Å². The van der Waals surface area contributed by atoms with Crippen LogP contribution in [0.15, 0.2) is 48.5 Å². The van der Waals surface area contributed by atoms with Crippen molar-refractivity contribution in [2.45, 2.75) is 70.7 Å². The van der Waals surface area contributed by atoms with E-state index in [9.17, 15) is 4.79 Å². The zero-order valence-corrected chi connectivity index (χ0v) is 25.3. The molecule has 1 aliphatic heterocycles. The van der Waals surface area contributed by atoms with Gasteiger partial charge in [-0.3, -0.25) is 4.57 Å². The molecule has 1 aromatic heterocycles. The summed E-state index contributed by atoms with van der Waals surface area (Å²) in [7, 11) is -2.02. The van der Waals surface area contributed by atoms with Gasteiger partial charge in [-0.2, -0.15) is 0 Å². The van der Waals surface area contributed by atoms with Crippen LogP contribution in [0.3, 0.4) is 0 Å². The van der Waals surface area contributed by atoms with E-state index >= 15 is 0 Å². The molecule has 0 atom stereocenters. The minimum Gasteiger partial charge on any atom is -0.465 e. The van der Waals surface area contributed by atoms with Gasteiger partial charge in [0.05, 0.1) is 12.3 Å². The van der Waals surface area contributed by atoms with E-state index in [0.29, 0.717) is 29.8 Å². The lowest BCUT2D eigenvalue weighted by molar-refractivity contribution is 0.194. The molecule has 1 saturated heterocycles. The molecule has 0 bridgehead atoms. The van der Waals surface area contributed by atoms with E-state index < -0.39 is 14.4 Å². The van der Waals surface area contributed by atoms with Crippen molar-refractivity contribution in [2.75, 3.05) is 24.5 Å². The molecule has 10 heteroatoms. The van der Waals surface area contributed by atoms with Gasteiger partial charge >= 0.3 is 6.09 Å². The fourth-order valence-corrected chi connectivity index (χ4v) is 5.85. The van der Waals surface area contributed by atoms with Crippen molar-refractivity contribution in [1.29, 1.82) is 0 Å². The predicted molar refractivity (Wildman–Crippen MR) is 159 cm³/mol. The molecular weight excluding hydrogens is 530 g/mol. The second-order valence-electron chi connectivity index (χ2n) is 11.7. The first kappa shape index (κ1) is 29.1. The fraction of sp³-hybridized carbons (Fsp3) is 0.483. The summed E-state index contributed by atoms with van der Waals surface area (Å²) in [5.74, 6) is 1.98. The van der Waals surface area contributed by atoms with Crippen molar-refractivity contribution in [3.63, 3.8) is 0 Å². The molecule has 0 unspecified atom stereocenters. The largest absolute Gasteiger partial charge is 0.465 e. The fourth-order valence-electron chi connectivity index (χ4n) is 4.70. The van der Waals surface area contributed by atoms with Gasteiger partial charge < -0.3 is 19.7 Å². The highest BCUT2D eigenvalue weighted by Gasteiger charge is 2.37. The predicted octanol–water partition coefficient (Wildman–Crippen LogP) is 6.64.